The minimum Gasteiger partial charge on any atom is -0.380 e. The molecule has 0 amide bonds. The lowest BCUT2D eigenvalue weighted by atomic mass is 10.2. The molecule has 0 aromatic carbocycles. The summed E-state index contributed by atoms with van der Waals surface area (Å²) < 4.78 is 9.85. The largest absolute Gasteiger partial charge is 0.380 e. The van der Waals surface area contributed by atoms with Crippen molar-refractivity contribution in [3.05, 3.63) is 35.7 Å². The molecule has 1 aliphatic rings. The third-order valence-corrected chi connectivity index (χ3v) is 3.99. The number of aromatic nitrogens is 4. The van der Waals surface area contributed by atoms with Crippen molar-refractivity contribution < 1.29 is 4.74 Å². The normalized spacial score (nSPS) is 18.9. The Morgan fingerprint density at radius 2 is 2.29 bits per heavy atom. The number of nitrogens with zero attached hydrogens (tertiary/aromatic N) is 5. The van der Waals surface area contributed by atoms with Gasteiger partial charge in [0, 0.05) is 39.5 Å². The molecule has 3 heterocycles. The molecule has 3 rings (SSSR count). The quantitative estimate of drug-likeness (QED) is 0.837. The van der Waals surface area contributed by atoms with Crippen molar-refractivity contribution in [1.29, 1.82) is 0 Å². The number of aryl methyl sites for hydroxylation is 2. The molecule has 1 aliphatic heterocycles. The highest BCUT2D eigenvalue weighted by Gasteiger charge is 2.25. The van der Waals surface area contributed by atoms with E-state index in [9.17, 15) is 0 Å². The third kappa shape index (κ3) is 3.01. The molecule has 0 spiro atoms. The van der Waals surface area contributed by atoms with E-state index in [1.807, 2.05) is 38.1 Å². The van der Waals surface area contributed by atoms with Crippen molar-refractivity contribution >= 4 is 0 Å². The lowest BCUT2D eigenvalue weighted by molar-refractivity contribution is 0.0737. The predicted molar refractivity (Wildman–Crippen MR) is 79.8 cm³/mol. The zero-order chi connectivity index (χ0) is 14.8. The number of hydrogen-bond acceptors (Lipinski definition) is 4. The van der Waals surface area contributed by atoms with E-state index in [4.69, 9.17) is 4.74 Å². The Hall–Kier alpha value is -1.66. The van der Waals surface area contributed by atoms with Crippen LogP contribution in [0.15, 0.2) is 18.6 Å². The van der Waals surface area contributed by atoms with Gasteiger partial charge in [0.2, 0.25) is 0 Å². The summed E-state index contributed by atoms with van der Waals surface area (Å²) in [5.41, 5.74) is 3.57. The Bertz CT molecular complexity index is 603. The van der Waals surface area contributed by atoms with Crippen molar-refractivity contribution in [1.82, 2.24) is 24.2 Å². The molecule has 2 aromatic rings. The van der Waals surface area contributed by atoms with E-state index in [1.54, 1.807) is 0 Å². The molecule has 2 aromatic heterocycles. The number of hydrogen-bond donors (Lipinski definition) is 0. The molecular weight excluding hydrogens is 266 g/mol. The molecule has 0 saturated carbocycles. The van der Waals surface area contributed by atoms with Crippen LogP contribution in [0.2, 0.25) is 0 Å². The maximum atomic E-state index is 5.63. The van der Waals surface area contributed by atoms with Gasteiger partial charge in [0.15, 0.2) is 0 Å². The molecule has 0 fully saturated rings. The minimum atomic E-state index is 0.338. The highest BCUT2D eigenvalue weighted by Crippen LogP contribution is 2.22. The lowest BCUT2D eigenvalue weighted by Crippen LogP contribution is -2.38. The van der Waals surface area contributed by atoms with Crippen molar-refractivity contribution in [3.8, 4) is 0 Å². The van der Waals surface area contributed by atoms with Crippen LogP contribution in [0.3, 0.4) is 0 Å². The molecule has 6 heteroatoms. The molecule has 0 radical (unpaired) electrons. The van der Waals surface area contributed by atoms with Crippen molar-refractivity contribution in [2.24, 2.45) is 7.05 Å². The molecule has 1 atom stereocenters. The van der Waals surface area contributed by atoms with Crippen molar-refractivity contribution in [3.63, 3.8) is 0 Å². The fourth-order valence-electron chi connectivity index (χ4n) is 3.01. The summed E-state index contributed by atoms with van der Waals surface area (Å²) in [4.78, 5) is 6.73. The van der Waals surface area contributed by atoms with E-state index in [0.717, 1.165) is 38.5 Å². The first-order valence-corrected chi connectivity index (χ1v) is 7.47. The fourth-order valence-corrected chi connectivity index (χ4v) is 3.01. The van der Waals surface area contributed by atoms with Gasteiger partial charge in [-0.3, -0.25) is 9.58 Å². The monoisotopic (exact) mass is 289 g/mol. The highest BCUT2D eigenvalue weighted by atomic mass is 16.5. The summed E-state index contributed by atoms with van der Waals surface area (Å²) in [6, 6.07) is 2.49. The maximum absolute atomic E-state index is 5.63. The first kappa shape index (κ1) is 14.3. The molecule has 0 N–H and O–H groups in total. The van der Waals surface area contributed by atoms with Crippen LogP contribution in [0.5, 0.6) is 0 Å². The van der Waals surface area contributed by atoms with E-state index >= 15 is 0 Å². The van der Waals surface area contributed by atoms with Crippen LogP contribution in [0.1, 0.15) is 30.0 Å². The van der Waals surface area contributed by atoms with Crippen LogP contribution in [0, 0.1) is 6.92 Å². The van der Waals surface area contributed by atoms with E-state index in [-0.39, 0.29) is 0 Å². The predicted octanol–water partition coefficient (Wildman–Crippen LogP) is 1.52. The van der Waals surface area contributed by atoms with E-state index in [2.05, 4.69) is 25.6 Å². The third-order valence-electron chi connectivity index (χ3n) is 3.99. The van der Waals surface area contributed by atoms with Gasteiger partial charge in [0.05, 0.1) is 36.1 Å². The Balaban J connectivity index is 1.74. The van der Waals surface area contributed by atoms with Crippen LogP contribution in [0.4, 0.5) is 0 Å². The maximum Gasteiger partial charge on any atom is 0.0952 e. The van der Waals surface area contributed by atoms with Crippen LogP contribution in [-0.4, -0.2) is 44.0 Å². The van der Waals surface area contributed by atoms with Gasteiger partial charge in [0.1, 0.15) is 0 Å². The summed E-state index contributed by atoms with van der Waals surface area (Å²) in [7, 11) is 2.01. The SMILES string of the molecule is CCOC[C@@H]1CN(Cc2cc(C)nn2C)Cc2cncn21. The van der Waals surface area contributed by atoms with Gasteiger partial charge in [0.25, 0.3) is 0 Å². The van der Waals surface area contributed by atoms with Crippen LogP contribution < -0.4 is 0 Å². The topological polar surface area (TPSA) is 48.1 Å². The number of ether oxygens (including phenoxy) is 1. The second-order valence-electron chi connectivity index (χ2n) is 5.68. The summed E-state index contributed by atoms with van der Waals surface area (Å²) in [6.07, 6.45) is 3.88. The smallest absolute Gasteiger partial charge is 0.0952 e. The van der Waals surface area contributed by atoms with Gasteiger partial charge < -0.3 is 9.30 Å². The molecule has 6 nitrogen and oxygen atoms in total. The first-order chi connectivity index (χ1) is 10.2. The number of imidazole rings is 1. The van der Waals surface area contributed by atoms with Gasteiger partial charge >= 0.3 is 0 Å². The first-order valence-electron chi connectivity index (χ1n) is 7.47. The summed E-state index contributed by atoms with van der Waals surface area (Å²) in [5, 5.41) is 4.43. The zero-order valence-corrected chi connectivity index (χ0v) is 13.0. The average molecular weight is 289 g/mol. The Labute approximate surface area is 125 Å². The Morgan fingerprint density at radius 3 is 3.00 bits per heavy atom. The highest BCUT2D eigenvalue weighted by molar-refractivity contribution is 5.10. The molecule has 0 aliphatic carbocycles. The van der Waals surface area contributed by atoms with Crippen molar-refractivity contribution in [2.75, 3.05) is 19.8 Å². The summed E-state index contributed by atoms with van der Waals surface area (Å²) in [6.45, 7) is 8.37. The van der Waals surface area contributed by atoms with Crippen molar-refractivity contribution in [2.45, 2.75) is 33.0 Å². The summed E-state index contributed by atoms with van der Waals surface area (Å²) in [5.74, 6) is 0. The molecule has 0 unspecified atom stereocenters. The van der Waals surface area contributed by atoms with Gasteiger partial charge in [-0.05, 0) is 19.9 Å². The average Bonchev–Trinajstić information content (AvgIpc) is 3.03. The summed E-state index contributed by atoms with van der Waals surface area (Å²) >= 11 is 0. The van der Waals surface area contributed by atoms with Gasteiger partial charge in [-0.25, -0.2) is 4.98 Å². The standard InChI is InChI=1S/C15H23N5O/c1-4-21-10-15-9-19(8-14-6-16-11-20(14)15)7-13-5-12(2)17-18(13)3/h5-6,11,15H,4,7-10H2,1-3H3/t15-/m0/s1. The molecule has 21 heavy (non-hydrogen) atoms. The Kier molecular flexibility index (Phi) is 4.07. The van der Waals surface area contributed by atoms with Gasteiger partial charge in [-0.15, -0.1) is 0 Å². The number of fused-ring (bicyclic) bond motifs is 1. The van der Waals surface area contributed by atoms with E-state index < -0.39 is 0 Å². The van der Waals surface area contributed by atoms with Crippen LogP contribution in [-0.2, 0) is 24.9 Å². The number of rotatable bonds is 5. The molecule has 0 bridgehead atoms. The van der Waals surface area contributed by atoms with E-state index in [1.165, 1.54) is 11.4 Å². The fraction of sp³-hybridized carbons (Fsp3) is 0.600. The van der Waals surface area contributed by atoms with E-state index in [0.29, 0.717) is 6.04 Å². The molecule has 114 valence electrons. The minimum absolute atomic E-state index is 0.338. The van der Waals surface area contributed by atoms with Crippen LogP contribution >= 0.6 is 0 Å². The molecule has 0 saturated heterocycles. The van der Waals surface area contributed by atoms with Gasteiger partial charge in [-0.2, -0.15) is 5.10 Å². The second kappa shape index (κ2) is 5.99. The zero-order valence-electron chi connectivity index (χ0n) is 13.0. The van der Waals surface area contributed by atoms with Crippen LogP contribution in [0.25, 0.3) is 0 Å². The second-order valence-corrected chi connectivity index (χ2v) is 5.68. The van der Waals surface area contributed by atoms with Gasteiger partial charge in [-0.1, -0.05) is 0 Å². The molecular formula is C15H23N5O. The lowest BCUT2D eigenvalue weighted by Gasteiger charge is -2.34. The Morgan fingerprint density at radius 1 is 1.43 bits per heavy atom.